The molecule has 0 amide bonds. The van der Waals surface area contributed by atoms with Crippen molar-refractivity contribution in [3.05, 3.63) is 53.6 Å². The summed E-state index contributed by atoms with van der Waals surface area (Å²) in [6.07, 6.45) is 0. The Bertz CT molecular complexity index is 668. The second-order valence-corrected chi connectivity index (χ2v) is 5.23. The number of nitrogens with zero attached hydrogens (tertiary/aromatic N) is 1. The van der Waals surface area contributed by atoms with Crippen LogP contribution in [0.15, 0.2) is 42.5 Å². The summed E-state index contributed by atoms with van der Waals surface area (Å²) in [6.45, 7) is 1.47. The average Bonchev–Trinajstić information content (AvgIpc) is 2.73. The number of likely N-dealkylation sites (N-methyl/N-ethyl adjacent to an activating group) is 1. The number of hydrogen-bond donors (Lipinski definition) is 0. The van der Waals surface area contributed by atoms with Gasteiger partial charge in [0, 0.05) is 17.7 Å². The second kappa shape index (κ2) is 6.29. The van der Waals surface area contributed by atoms with Crippen LogP contribution in [0.2, 0.25) is 0 Å². The van der Waals surface area contributed by atoms with E-state index in [0.717, 1.165) is 34.5 Å². The van der Waals surface area contributed by atoms with E-state index in [-0.39, 0.29) is 18.2 Å². The summed E-state index contributed by atoms with van der Waals surface area (Å²) >= 11 is 0. The van der Waals surface area contributed by atoms with Gasteiger partial charge >= 0.3 is 0 Å². The maximum absolute atomic E-state index is 12.4. The molecule has 0 radical (unpaired) electrons. The van der Waals surface area contributed by atoms with E-state index in [1.807, 2.05) is 56.6 Å². The van der Waals surface area contributed by atoms with E-state index in [1.54, 1.807) is 0 Å². The highest BCUT2D eigenvalue weighted by Crippen LogP contribution is 2.37. The molecular weight excluding hydrogens is 286 g/mol. The van der Waals surface area contributed by atoms with Gasteiger partial charge in [0.15, 0.2) is 5.78 Å². The number of fused-ring (bicyclic) bond motifs is 3. The summed E-state index contributed by atoms with van der Waals surface area (Å²) in [4.78, 5) is 14.4. The molecule has 21 heavy (non-hydrogen) atoms. The van der Waals surface area contributed by atoms with Crippen molar-refractivity contribution in [3.8, 4) is 16.9 Å². The molecule has 0 bridgehead atoms. The van der Waals surface area contributed by atoms with E-state index < -0.39 is 0 Å². The Kier molecular flexibility index (Phi) is 4.66. The quantitative estimate of drug-likeness (QED) is 0.741. The van der Waals surface area contributed by atoms with Gasteiger partial charge in [-0.1, -0.05) is 24.3 Å². The highest BCUT2D eigenvalue weighted by molar-refractivity contribution is 6.21. The van der Waals surface area contributed by atoms with Gasteiger partial charge < -0.3 is 9.64 Å². The Hall–Kier alpha value is -1.84. The normalized spacial score (nSPS) is 11.9. The van der Waals surface area contributed by atoms with Gasteiger partial charge in [-0.15, -0.1) is 12.4 Å². The zero-order valence-electron chi connectivity index (χ0n) is 12.1. The van der Waals surface area contributed by atoms with Crippen LogP contribution in [-0.2, 0) is 0 Å². The fraction of sp³-hybridized carbons (Fsp3) is 0.235. The molecule has 0 aliphatic heterocycles. The first kappa shape index (κ1) is 15.5. The van der Waals surface area contributed by atoms with Crippen LogP contribution in [0.5, 0.6) is 5.75 Å². The van der Waals surface area contributed by atoms with E-state index in [9.17, 15) is 4.79 Å². The third-order valence-corrected chi connectivity index (χ3v) is 3.50. The number of hydrogen-bond acceptors (Lipinski definition) is 3. The van der Waals surface area contributed by atoms with Gasteiger partial charge in [-0.3, -0.25) is 4.79 Å². The molecule has 0 heterocycles. The molecule has 0 saturated carbocycles. The largest absolute Gasteiger partial charge is 0.492 e. The van der Waals surface area contributed by atoms with Gasteiger partial charge in [0.2, 0.25) is 0 Å². The fourth-order valence-corrected chi connectivity index (χ4v) is 2.44. The third-order valence-electron chi connectivity index (χ3n) is 3.50. The maximum Gasteiger partial charge on any atom is 0.194 e. The van der Waals surface area contributed by atoms with Crippen LogP contribution in [0.25, 0.3) is 11.1 Å². The van der Waals surface area contributed by atoms with Gasteiger partial charge in [-0.25, -0.2) is 0 Å². The lowest BCUT2D eigenvalue weighted by molar-refractivity contribution is 0.104. The Morgan fingerprint density at radius 2 is 1.62 bits per heavy atom. The first-order valence-corrected chi connectivity index (χ1v) is 6.72. The van der Waals surface area contributed by atoms with Gasteiger partial charge in [-0.05, 0) is 43.4 Å². The first-order valence-electron chi connectivity index (χ1n) is 6.72. The molecular formula is C17H18ClNO2. The predicted octanol–water partition coefficient (Wildman–Crippen LogP) is 3.26. The summed E-state index contributed by atoms with van der Waals surface area (Å²) in [5.41, 5.74) is 3.55. The van der Waals surface area contributed by atoms with Crippen molar-refractivity contribution in [1.29, 1.82) is 0 Å². The number of carbonyl (C=O) groups is 1. The highest BCUT2D eigenvalue weighted by atomic mass is 35.5. The highest BCUT2D eigenvalue weighted by Gasteiger charge is 2.26. The maximum atomic E-state index is 12.4. The summed E-state index contributed by atoms with van der Waals surface area (Å²) in [5.74, 6) is 0.848. The monoisotopic (exact) mass is 303 g/mol. The van der Waals surface area contributed by atoms with Crippen LogP contribution >= 0.6 is 12.4 Å². The van der Waals surface area contributed by atoms with Crippen LogP contribution in [0.3, 0.4) is 0 Å². The van der Waals surface area contributed by atoms with Crippen molar-refractivity contribution >= 4 is 18.2 Å². The first-order chi connectivity index (χ1) is 9.66. The van der Waals surface area contributed by atoms with Crippen molar-refractivity contribution in [1.82, 2.24) is 4.90 Å². The molecule has 3 nitrogen and oxygen atoms in total. The molecule has 0 spiro atoms. The van der Waals surface area contributed by atoms with Crippen LogP contribution in [0.4, 0.5) is 0 Å². The van der Waals surface area contributed by atoms with Crippen molar-refractivity contribution in [2.75, 3.05) is 27.2 Å². The van der Waals surface area contributed by atoms with E-state index in [0.29, 0.717) is 6.61 Å². The molecule has 0 saturated heterocycles. The van der Waals surface area contributed by atoms with Gasteiger partial charge in [-0.2, -0.15) is 0 Å². The topological polar surface area (TPSA) is 29.5 Å². The molecule has 0 unspecified atom stereocenters. The molecule has 4 heteroatoms. The number of ketones is 1. The van der Waals surface area contributed by atoms with Crippen LogP contribution in [-0.4, -0.2) is 37.9 Å². The Morgan fingerprint density at radius 3 is 2.33 bits per heavy atom. The van der Waals surface area contributed by atoms with E-state index >= 15 is 0 Å². The summed E-state index contributed by atoms with van der Waals surface area (Å²) in [5, 5.41) is 0. The number of benzene rings is 2. The van der Waals surface area contributed by atoms with E-state index in [1.165, 1.54) is 0 Å². The lowest BCUT2D eigenvalue weighted by atomic mass is 10.1. The standard InChI is InChI=1S/C17H17NO2.ClH/c1-18(2)9-10-20-12-7-8-14-13-5-3-4-6-15(13)17(19)16(14)11-12;/h3-8,11H,9-10H2,1-2H3;1H. The number of rotatable bonds is 4. The molecule has 0 aromatic heterocycles. The average molecular weight is 304 g/mol. The number of carbonyl (C=O) groups excluding carboxylic acids is 1. The number of halogens is 1. The SMILES string of the molecule is CN(C)CCOc1ccc2c(c1)C(=O)c1ccccc1-2.Cl. The van der Waals surface area contributed by atoms with Crippen molar-refractivity contribution in [2.24, 2.45) is 0 Å². The minimum atomic E-state index is 0. The van der Waals surface area contributed by atoms with Crippen molar-refractivity contribution in [3.63, 3.8) is 0 Å². The molecule has 0 N–H and O–H groups in total. The van der Waals surface area contributed by atoms with Crippen molar-refractivity contribution < 1.29 is 9.53 Å². The minimum Gasteiger partial charge on any atom is -0.492 e. The Labute approximate surface area is 130 Å². The molecule has 3 rings (SSSR count). The van der Waals surface area contributed by atoms with Gasteiger partial charge in [0.25, 0.3) is 0 Å². The zero-order valence-corrected chi connectivity index (χ0v) is 12.9. The van der Waals surface area contributed by atoms with Gasteiger partial charge in [0.05, 0.1) is 0 Å². The van der Waals surface area contributed by atoms with Gasteiger partial charge in [0.1, 0.15) is 12.4 Å². The Morgan fingerprint density at radius 1 is 0.952 bits per heavy atom. The fourth-order valence-electron chi connectivity index (χ4n) is 2.44. The lowest BCUT2D eigenvalue weighted by Gasteiger charge is -2.11. The van der Waals surface area contributed by atoms with E-state index in [2.05, 4.69) is 4.90 Å². The molecule has 1 aliphatic rings. The summed E-state index contributed by atoms with van der Waals surface area (Å²) < 4.78 is 5.70. The molecule has 0 atom stereocenters. The molecule has 2 aromatic rings. The van der Waals surface area contributed by atoms with Crippen LogP contribution < -0.4 is 4.74 Å². The number of ether oxygens (including phenoxy) is 1. The minimum absolute atomic E-state index is 0. The Balaban J connectivity index is 0.00000161. The molecule has 2 aromatic carbocycles. The van der Waals surface area contributed by atoms with Crippen LogP contribution in [0, 0.1) is 0 Å². The predicted molar refractivity (Wildman–Crippen MR) is 86.6 cm³/mol. The van der Waals surface area contributed by atoms with Crippen molar-refractivity contribution in [2.45, 2.75) is 0 Å². The zero-order chi connectivity index (χ0) is 14.1. The summed E-state index contributed by atoms with van der Waals surface area (Å²) in [6, 6.07) is 13.5. The molecule has 0 fully saturated rings. The molecule has 1 aliphatic carbocycles. The summed E-state index contributed by atoms with van der Waals surface area (Å²) in [7, 11) is 4.01. The molecule has 110 valence electrons. The second-order valence-electron chi connectivity index (χ2n) is 5.23. The van der Waals surface area contributed by atoms with Crippen LogP contribution in [0.1, 0.15) is 15.9 Å². The third kappa shape index (κ3) is 2.94. The lowest BCUT2D eigenvalue weighted by Crippen LogP contribution is -2.19. The van der Waals surface area contributed by atoms with E-state index in [4.69, 9.17) is 4.74 Å². The smallest absolute Gasteiger partial charge is 0.194 e.